The quantitative estimate of drug-likeness (QED) is 0.836. The van der Waals surface area contributed by atoms with Gasteiger partial charge in [0.15, 0.2) is 0 Å². The van der Waals surface area contributed by atoms with Gasteiger partial charge >= 0.3 is 0 Å². The number of sulfonamides is 1. The Hall–Kier alpha value is -1.01. The van der Waals surface area contributed by atoms with Gasteiger partial charge in [-0.1, -0.05) is 0 Å². The second kappa shape index (κ2) is 3.86. The van der Waals surface area contributed by atoms with Gasteiger partial charge in [-0.3, -0.25) is 4.98 Å². The van der Waals surface area contributed by atoms with Gasteiger partial charge in [-0.25, -0.2) is 17.5 Å². The molecule has 1 rings (SSSR count). The van der Waals surface area contributed by atoms with E-state index in [0.717, 1.165) is 18.5 Å². The monoisotopic (exact) mass is 232 g/mol. The third-order valence-corrected chi connectivity index (χ3v) is 3.16. The minimum Gasteiger partial charge on any atom is -0.260 e. The van der Waals surface area contributed by atoms with Gasteiger partial charge in [0.25, 0.3) is 0 Å². The summed E-state index contributed by atoms with van der Waals surface area (Å²) in [4.78, 5) is 3.32. The molecule has 0 aliphatic rings. The van der Waals surface area contributed by atoms with E-state index in [1.54, 1.807) is 20.8 Å². The molecule has 0 atom stereocenters. The number of rotatable bonds is 2. The van der Waals surface area contributed by atoms with Crippen molar-refractivity contribution in [1.29, 1.82) is 0 Å². The van der Waals surface area contributed by atoms with Gasteiger partial charge in [0.2, 0.25) is 10.0 Å². The zero-order chi connectivity index (χ0) is 11.7. The van der Waals surface area contributed by atoms with Crippen LogP contribution < -0.4 is 4.72 Å². The summed E-state index contributed by atoms with van der Waals surface area (Å²) in [5, 5.41) is 0. The summed E-state index contributed by atoms with van der Waals surface area (Å²) in [5.74, 6) is -0.674. The van der Waals surface area contributed by atoms with E-state index in [9.17, 15) is 12.8 Å². The number of pyridine rings is 1. The van der Waals surface area contributed by atoms with E-state index in [1.165, 1.54) is 0 Å². The van der Waals surface area contributed by atoms with Crippen molar-refractivity contribution in [1.82, 2.24) is 9.71 Å². The predicted octanol–water partition coefficient (Wildman–Crippen LogP) is 1.30. The van der Waals surface area contributed by atoms with E-state index in [0.29, 0.717) is 0 Å². The van der Waals surface area contributed by atoms with Crippen LogP contribution in [-0.4, -0.2) is 18.9 Å². The van der Waals surface area contributed by atoms with Gasteiger partial charge < -0.3 is 0 Å². The third kappa shape index (κ3) is 3.56. The third-order valence-electron chi connectivity index (χ3n) is 1.43. The Morgan fingerprint density at radius 3 is 2.40 bits per heavy atom. The first kappa shape index (κ1) is 12.1. The first-order chi connectivity index (χ1) is 6.71. The minimum atomic E-state index is -3.69. The highest BCUT2D eigenvalue weighted by Crippen LogP contribution is 2.12. The molecule has 0 aromatic carbocycles. The van der Waals surface area contributed by atoms with Gasteiger partial charge in [-0.05, 0) is 26.8 Å². The van der Waals surface area contributed by atoms with Crippen molar-refractivity contribution in [2.75, 3.05) is 0 Å². The van der Waals surface area contributed by atoms with Gasteiger partial charge in [-0.15, -0.1) is 0 Å². The molecule has 0 radical (unpaired) electrons. The molecule has 0 bridgehead atoms. The van der Waals surface area contributed by atoms with Crippen LogP contribution in [0.25, 0.3) is 0 Å². The van der Waals surface area contributed by atoms with Crippen molar-refractivity contribution in [2.24, 2.45) is 0 Å². The molecule has 0 aliphatic carbocycles. The topological polar surface area (TPSA) is 59.1 Å². The average Bonchev–Trinajstić information content (AvgIpc) is 1.99. The zero-order valence-electron chi connectivity index (χ0n) is 8.78. The number of hydrogen-bond donors (Lipinski definition) is 1. The Labute approximate surface area is 88.6 Å². The molecule has 0 saturated heterocycles. The molecule has 0 aliphatic heterocycles. The van der Waals surface area contributed by atoms with Crippen LogP contribution in [0.5, 0.6) is 0 Å². The Morgan fingerprint density at radius 1 is 1.33 bits per heavy atom. The predicted molar refractivity (Wildman–Crippen MR) is 54.3 cm³/mol. The van der Waals surface area contributed by atoms with Gasteiger partial charge in [0.05, 0.1) is 6.20 Å². The maximum atomic E-state index is 12.8. The van der Waals surface area contributed by atoms with Crippen LogP contribution in [0.3, 0.4) is 0 Å². The van der Waals surface area contributed by atoms with Crippen LogP contribution in [0.1, 0.15) is 20.8 Å². The van der Waals surface area contributed by atoms with Crippen LogP contribution in [0, 0.1) is 5.82 Å². The molecule has 4 nitrogen and oxygen atoms in total. The van der Waals surface area contributed by atoms with Crippen molar-refractivity contribution in [3.05, 3.63) is 24.3 Å². The number of aromatic nitrogens is 1. The fourth-order valence-electron chi connectivity index (χ4n) is 1.00. The van der Waals surface area contributed by atoms with Crippen LogP contribution in [-0.2, 0) is 10.0 Å². The molecule has 84 valence electrons. The molecule has 0 unspecified atom stereocenters. The standard InChI is InChI=1S/C9H13FN2O2S/c1-9(2,3)12-15(13,14)8-4-7(10)5-11-6-8/h4-6,12H,1-3H3. The molecule has 1 heterocycles. The second-order valence-corrected chi connectivity index (χ2v) is 5.88. The van der Waals surface area contributed by atoms with E-state index in [1.807, 2.05) is 0 Å². The van der Waals surface area contributed by atoms with E-state index < -0.39 is 21.4 Å². The molecule has 15 heavy (non-hydrogen) atoms. The highest BCUT2D eigenvalue weighted by atomic mass is 32.2. The number of nitrogens with zero attached hydrogens (tertiary/aromatic N) is 1. The fourth-order valence-corrected chi connectivity index (χ4v) is 2.39. The summed E-state index contributed by atoms with van der Waals surface area (Å²) in [5.41, 5.74) is -0.606. The summed E-state index contributed by atoms with van der Waals surface area (Å²) in [7, 11) is -3.69. The van der Waals surface area contributed by atoms with E-state index >= 15 is 0 Å². The van der Waals surface area contributed by atoms with Crippen molar-refractivity contribution in [3.63, 3.8) is 0 Å². The average molecular weight is 232 g/mol. The fraction of sp³-hybridized carbons (Fsp3) is 0.444. The molecule has 0 spiro atoms. The zero-order valence-corrected chi connectivity index (χ0v) is 9.60. The van der Waals surface area contributed by atoms with Crippen molar-refractivity contribution in [2.45, 2.75) is 31.2 Å². The summed E-state index contributed by atoms with van der Waals surface area (Å²) < 4.78 is 38.5. The lowest BCUT2D eigenvalue weighted by atomic mass is 10.1. The first-order valence-corrected chi connectivity index (χ1v) is 5.83. The van der Waals surface area contributed by atoms with Gasteiger partial charge in [0.1, 0.15) is 10.7 Å². The number of halogens is 1. The van der Waals surface area contributed by atoms with E-state index in [-0.39, 0.29) is 4.90 Å². The Balaban J connectivity index is 3.07. The molecule has 1 aromatic rings. The van der Waals surface area contributed by atoms with E-state index in [4.69, 9.17) is 0 Å². The second-order valence-electron chi connectivity index (χ2n) is 4.19. The molecular weight excluding hydrogens is 219 g/mol. The normalized spacial score (nSPS) is 12.8. The Bertz CT molecular complexity index is 451. The van der Waals surface area contributed by atoms with Crippen molar-refractivity contribution < 1.29 is 12.8 Å². The molecule has 0 fully saturated rings. The lowest BCUT2D eigenvalue weighted by molar-refractivity contribution is 0.490. The molecule has 1 aromatic heterocycles. The summed E-state index contributed by atoms with van der Waals surface area (Å²) in [6, 6.07) is 0.932. The highest BCUT2D eigenvalue weighted by Gasteiger charge is 2.22. The Kier molecular flexibility index (Phi) is 3.11. The first-order valence-electron chi connectivity index (χ1n) is 4.35. The minimum absolute atomic E-state index is 0.169. The molecular formula is C9H13FN2O2S. The van der Waals surface area contributed by atoms with Crippen molar-refractivity contribution in [3.8, 4) is 0 Å². The van der Waals surface area contributed by atoms with Crippen LogP contribution >= 0.6 is 0 Å². The maximum absolute atomic E-state index is 12.8. The lowest BCUT2D eigenvalue weighted by Gasteiger charge is -2.20. The van der Waals surface area contributed by atoms with Crippen molar-refractivity contribution >= 4 is 10.0 Å². The van der Waals surface area contributed by atoms with Crippen LogP contribution in [0.4, 0.5) is 4.39 Å². The van der Waals surface area contributed by atoms with Crippen LogP contribution in [0.2, 0.25) is 0 Å². The smallest absolute Gasteiger partial charge is 0.242 e. The molecule has 6 heteroatoms. The summed E-state index contributed by atoms with van der Waals surface area (Å²) in [6.07, 6.45) is 2.06. The van der Waals surface area contributed by atoms with Gasteiger partial charge in [-0.2, -0.15) is 0 Å². The summed E-state index contributed by atoms with van der Waals surface area (Å²) >= 11 is 0. The summed E-state index contributed by atoms with van der Waals surface area (Å²) in [6.45, 7) is 5.12. The molecule has 0 amide bonds. The lowest BCUT2D eigenvalue weighted by Crippen LogP contribution is -2.40. The van der Waals surface area contributed by atoms with Gasteiger partial charge in [0, 0.05) is 11.7 Å². The number of nitrogens with one attached hydrogen (secondary N) is 1. The van der Waals surface area contributed by atoms with E-state index in [2.05, 4.69) is 9.71 Å². The molecule has 1 N–H and O–H groups in total. The van der Waals surface area contributed by atoms with Crippen LogP contribution in [0.15, 0.2) is 23.4 Å². The molecule has 0 saturated carbocycles. The largest absolute Gasteiger partial charge is 0.260 e. The number of hydrogen-bond acceptors (Lipinski definition) is 3. The SMILES string of the molecule is CC(C)(C)NS(=O)(=O)c1cncc(F)c1. The maximum Gasteiger partial charge on any atom is 0.242 e. The Morgan fingerprint density at radius 2 is 1.93 bits per heavy atom. The highest BCUT2D eigenvalue weighted by molar-refractivity contribution is 7.89.